The molecule has 2 aromatic heterocycles. The fraction of sp³-hybridized carbons (Fsp3) is 0.0769. The van der Waals surface area contributed by atoms with Crippen LogP contribution < -0.4 is 10.3 Å². The minimum Gasteiger partial charge on any atom is -0.495 e. The standard InChI is InChI=1S/C26H20FN3O2S/c1-32-22-13-6-5-12-21(22)30-25(31)24-23(20(15-28-24)18-9-3-2-4-10-18)29-26(30)33-16-17-8-7-11-19(27)14-17/h2-15,28H,16H2,1H3. The minimum absolute atomic E-state index is 0.228. The van der Waals surface area contributed by atoms with Gasteiger partial charge in [0.15, 0.2) is 5.16 Å². The summed E-state index contributed by atoms with van der Waals surface area (Å²) in [5.41, 5.74) is 3.99. The highest BCUT2D eigenvalue weighted by atomic mass is 32.2. The molecule has 164 valence electrons. The van der Waals surface area contributed by atoms with Gasteiger partial charge in [-0.25, -0.2) is 13.9 Å². The zero-order valence-electron chi connectivity index (χ0n) is 17.8. The Morgan fingerprint density at radius 1 is 1.03 bits per heavy atom. The number of nitrogens with zero attached hydrogens (tertiary/aromatic N) is 2. The minimum atomic E-state index is -0.296. The summed E-state index contributed by atoms with van der Waals surface area (Å²) in [4.78, 5) is 21.7. The van der Waals surface area contributed by atoms with Gasteiger partial charge in [-0.3, -0.25) is 4.79 Å². The molecule has 5 rings (SSSR count). The lowest BCUT2D eigenvalue weighted by Gasteiger charge is -2.15. The number of benzene rings is 3. The van der Waals surface area contributed by atoms with Gasteiger partial charge in [0.05, 0.1) is 12.8 Å². The van der Waals surface area contributed by atoms with Crippen molar-refractivity contribution in [1.29, 1.82) is 0 Å². The summed E-state index contributed by atoms with van der Waals surface area (Å²) < 4.78 is 20.8. The van der Waals surface area contributed by atoms with E-state index in [1.165, 1.54) is 23.9 Å². The Kier molecular flexibility index (Phi) is 5.71. The van der Waals surface area contributed by atoms with Crippen LogP contribution in [0.1, 0.15) is 5.56 Å². The zero-order valence-corrected chi connectivity index (χ0v) is 18.6. The Morgan fingerprint density at radius 3 is 2.61 bits per heavy atom. The number of hydrogen-bond acceptors (Lipinski definition) is 4. The summed E-state index contributed by atoms with van der Waals surface area (Å²) in [6.07, 6.45) is 1.81. The van der Waals surface area contributed by atoms with Crippen LogP contribution in [0.25, 0.3) is 27.8 Å². The molecule has 0 aliphatic carbocycles. The molecular formula is C26H20FN3O2S. The molecule has 2 heterocycles. The van der Waals surface area contributed by atoms with Crippen molar-refractivity contribution < 1.29 is 9.13 Å². The number of thioether (sulfide) groups is 1. The Hall–Kier alpha value is -3.84. The summed E-state index contributed by atoms with van der Waals surface area (Å²) in [6.45, 7) is 0. The Balaban J connectivity index is 1.71. The molecule has 0 fully saturated rings. The number of rotatable bonds is 6. The van der Waals surface area contributed by atoms with Gasteiger partial charge >= 0.3 is 0 Å². The number of aromatic nitrogens is 3. The highest BCUT2D eigenvalue weighted by Crippen LogP contribution is 2.32. The van der Waals surface area contributed by atoms with Gasteiger partial charge in [0.2, 0.25) is 0 Å². The third kappa shape index (κ3) is 4.03. The van der Waals surface area contributed by atoms with Crippen LogP contribution in [0, 0.1) is 5.82 Å². The fourth-order valence-corrected chi connectivity index (χ4v) is 4.72. The normalized spacial score (nSPS) is 11.1. The first-order chi connectivity index (χ1) is 16.2. The number of methoxy groups -OCH3 is 1. The maximum Gasteiger partial charge on any atom is 0.283 e. The van der Waals surface area contributed by atoms with Gasteiger partial charge in [-0.1, -0.05) is 66.4 Å². The zero-order chi connectivity index (χ0) is 22.8. The van der Waals surface area contributed by atoms with Crippen LogP contribution in [0.15, 0.2) is 95.0 Å². The molecule has 0 atom stereocenters. The molecule has 0 aliphatic rings. The first-order valence-electron chi connectivity index (χ1n) is 10.4. The molecule has 3 aromatic carbocycles. The Labute approximate surface area is 193 Å². The number of ether oxygens (including phenoxy) is 1. The van der Waals surface area contributed by atoms with E-state index in [2.05, 4.69) is 4.98 Å². The largest absolute Gasteiger partial charge is 0.495 e. The van der Waals surface area contributed by atoms with E-state index in [0.29, 0.717) is 33.4 Å². The molecule has 1 N–H and O–H groups in total. The average Bonchev–Trinajstić information content (AvgIpc) is 3.28. The van der Waals surface area contributed by atoms with Crippen LogP contribution in [-0.2, 0) is 5.75 Å². The number of fused-ring (bicyclic) bond motifs is 1. The van der Waals surface area contributed by atoms with Gasteiger partial charge in [-0.15, -0.1) is 0 Å². The Bertz CT molecular complexity index is 1490. The predicted molar refractivity (Wildman–Crippen MR) is 130 cm³/mol. The van der Waals surface area contributed by atoms with Gasteiger partial charge in [0.1, 0.15) is 22.6 Å². The van der Waals surface area contributed by atoms with Crippen LogP contribution in [-0.4, -0.2) is 21.6 Å². The molecule has 5 nitrogen and oxygen atoms in total. The van der Waals surface area contributed by atoms with Crippen LogP contribution in [0.3, 0.4) is 0 Å². The second-order valence-electron chi connectivity index (χ2n) is 7.42. The van der Waals surface area contributed by atoms with Gasteiger partial charge in [0, 0.05) is 17.5 Å². The lowest BCUT2D eigenvalue weighted by Crippen LogP contribution is -2.22. The van der Waals surface area contributed by atoms with Crippen molar-refractivity contribution in [3.05, 3.63) is 107 Å². The van der Waals surface area contributed by atoms with Crippen LogP contribution >= 0.6 is 11.8 Å². The third-order valence-electron chi connectivity index (χ3n) is 5.34. The first kappa shape index (κ1) is 21.0. The summed E-state index contributed by atoms with van der Waals surface area (Å²) in [6, 6.07) is 23.6. The van der Waals surface area contributed by atoms with Crippen molar-refractivity contribution in [2.75, 3.05) is 7.11 Å². The molecular weight excluding hydrogens is 437 g/mol. The lowest BCUT2D eigenvalue weighted by atomic mass is 10.1. The van der Waals surface area contributed by atoms with Crippen molar-refractivity contribution in [2.45, 2.75) is 10.9 Å². The van der Waals surface area contributed by atoms with E-state index in [-0.39, 0.29) is 11.4 Å². The molecule has 5 aromatic rings. The van der Waals surface area contributed by atoms with Gasteiger partial charge in [-0.05, 0) is 35.4 Å². The number of H-pyrrole nitrogens is 1. The highest BCUT2D eigenvalue weighted by Gasteiger charge is 2.20. The van der Waals surface area contributed by atoms with E-state index in [1.54, 1.807) is 23.8 Å². The SMILES string of the molecule is COc1ccccc1-n1c(SCc2cccc(F)c2)nc2c(-c3ccccc3)c[nH]c2c1=O. The van der Waals surface area contributed by atoms with Crippen molar-refractivity contribution in [1.82, 2.24) is 14.5 Å². The topological polar surface area (TPSA) is 59.9 Å². The van der Waals surface area contributed by atoms with E-state index >= 15 is 0 Å². The van der Waals surface area contributed by atoms with Crippen molar-refractivity contribution in [3.63, 3.8) is 0 Å². The van der Waals surface area contributed by atoms with E-state index in [9.17, 15) is 9.18 Å². The van der Waals surface area contributed by atoms with E-state index < -0.39 is 0 Å². The summed E-state index contributed by atoms with van der Waals surface area (Å²) in [5.74, 6) is 0.717. The quantitative estimate of drug-likeness (QED) is 0.258. The molecule has 0 bridgehead atoms. The predicted octanol–water partition coefficient (Wildman–Crippen LogP) is 5.82. The first-order valence-corrected chi connectivity index (χ1v) is 11.3. The van der Waals surface area contributed by atoms with E-state index in [0.717, 1.165) is 16.7 Å². The van der Waals surface area contributed by atoms with Gasteiger partial charge in [-0.2, -0.15) is 0 Å². The van der Waals surface area contributed by atoms with Crippen molar-refractivity contribution in [2.24, 2.45) is 0 Å². The number of nitrogens with one attached hydrogen (secondary N) is 1. The highest BCUT2D eigenvalue weighted by molar-refractivity contribution is 7.98. The number of halogens is 1. The summed E-state index contributed by atoms with van der Waals surface area (Å²) in [7, 11) is 1.57. The van der Waals surface area contributed by atoms with Gasteiger partial charge in [0.25, 0.3) is 5.56 Å². The second kappa shape index (κ2) is 8.96. The summed E-state index contributed by atoms with van der Waals surface area (Å²) >= 11 is 1.37. The van der Waals surface area contributed by atoms with Crippen molar-refractivity contribution in [3.8, 4) is 22.6 Å². The lowest BCUT2D eigenvalue weighted by molar-refractivity contribution is 0.411. The maximum absolute atomic E-state index is 13.7. The number of para-hydroxylation sites is 2. The second-order valence-corrected chi connectivity index (χ2v) is 8.36. The maximum atomic E-state index is 13.7. The fourth-order valence-electron chi connectivity index (χ4n) is 3.78. The molecule has 0 aliphatic heterocycles. The molecule has 33 heavy (non-hydrogen) atoms. The molecule has 0 unspecified atom stereocenters. The molecule has 0 radical (unpaired) electrons. The molecule has 0 saturated carbocycles. The monoisotopic (exact) mass is 457 g/mol. The van der Waals surface area contributed by atoms with E-state index in [1.807, 2.05) is 60.8 Å². The smallest absolute Gasteiger partial charge is 0.283 e. The van der Waals surface area contributed by atoms with Crippen LogP contribution in [0.4, 0.5) is 4.39 Å². The molecule has 0 spiro atoms. The van der Waals surface area contributed by atoms with Crippen LogP contribution in [0.2, 0.25) is 0 Å². The van der Waals surface area contributed by atoms with Gasteiger partial charge < -0.3 is 9.72 Å². The van der Waals surface area contributed by atoms with Crippen LogP contribution in [0.5, 0.6) is 5.75 Å². The Morgan fingerprint density at radius 2 is 1.82 bits per heavy atom. The van der Waals surface area contributed by atoms with E-state index in [4.69, 9.17) is 9.72 Å². The molecule has 0 saturated heterocycles. The number of aromatic amines is 1. The summed E-state index contributed by atoms with van der Waals surface area (Å²) in [5, 5.41) is 0.498. The molecule has 7 heteroatoms. The number of hydrogen-bond donors (Lipinski definition) is 1. The molecule has 0 amide bonds. The van der Waals surface area contributed by atoms with Crippen molar-refractivity contribution >= 4 is 22.8 Å². The third-order valence-corrected chi connectivity index (χ3v) is 6.35. The average molecular weight is 458 g/mol.